The first-order valence-corrected chi connectivity index (χ1v) is 4.63. The Morgan fingerprint density at radius 3 is 2.67 bits per heavy atom. The molecule has 0 aliphatic heterocycles. The lowest BCUT2D eigenvalue weighted by molar-refractivity contribution is 0.0956. The molecule has 0 saturated heterocycles. The summed E-state index contributed by atoms with van der Waals surface area (Å²) in [6, 6.07) is 0. The van der Waals surface area contributed by atoms with Crippen LogP contribution in [0.25, 0.3) is 0 Å². The van der Waals surface area contributed by atoms with Crippen LogP contribution in [0.5, 0.6) is 0 Å². The zero-order valence-corrected chi connectivity index (χ0v) is 8.12. The van der Waals surface area contributed by atoms with Gasteiger partial charge in [-0.25, -0.2) is 0 Å². The molecule has 0 aliphatic carbocycles. The van der Waals surface area contributed by atoms with Crippen molar-refractivity contribution in [2.45, 2.75) is 38.7 Å². The van der Waals surface area contributed by atoms with Gasteiger partial charge in [0.05, 0.1) is 12.7 Å². The van der Waals surface area contributed by atoms with Crippen molar-refractivity contribution in [3.8, 4) is 0 Å². The van der Waals surface area contributed by atoms with Crippen LogP contribution in [0.3, 0.4) is 0 Å². The Labute approximate surface area is 75.2 Å². The molecule has 0 fully saturated rings. The van der Waals surface area contributed by atoms with E-state index in [9.17, 15) is 0 Å². The Kier molecular flexibility index (Phi) is 8.51. The van der Waals surface area contributed by atoms with Crippen LogP contribution in [-0.4, -0.2) is 24.9 Å². The van der Waals surface area contributed by atoms with Crippen molar-refractivity contribution in [1.29, 1.82) is 0 Å². The number of methoxy groups -OCH3 is 1. The Bertz CT molecular complexity index is 110. The van der Waals surface area contributed by atoms with Crippen molar-refractivity contribution in [3.63, 3.8) is 0 Å². The van der Waals surface area contributed by atoms with Gasteiger partial charge in [0, 0.05) is 7.11 Å². The van der Waals surface area contributed by atoms with Crippen LogP contribution in [0, 0.1) is 0 Å². The molecule has 0 aliphatic rings. The number of unbranched alkanes of at least 4 members (excludes halogenated alkanes) is 1. The second-order valence-corrected chi connectivity index (χ2v) is 2.89. The van der Waals surface area contributed by atoms with E-state index in [0.29, 0.717) is 6.10 Å². The fourth-order valence-electron chi connectivity index (χ4n) is 1.09. The number of hydrogen-bond acceptors (Lipinski definition) is 2. The zero-order chi connectivity index (χ0) is 9.23. The van der Waals surface area contributed by atoms with Gasteiger partial charge in [-0.2, -0.15) is 0 Å². The maximum atomic E-state index is 8.50. The van der Waals surface area contributed by atoms with Crippen molar-refractivity contribution in [2.75, 3.05) is 13.7 Å². The maximum Gasteiger partial charge on any atom is 0.0612 e. The van der Waals surface area contributed by atoms with Crippen molar-refractivity contribution in [2.24, 2.45) is 0 Å². The molecule has 0 bridgehead atoms. The minimum atomic E-state index is 0.129. The van der Waals surface area contributed by atoms with Crippen molar-refractivity contribution in [1.82, 2.24) is 0 Å². The first kappa shape index (κ1) is 11.7. The van der Waals surface area contributed by atoms with Crippen LogP contribution in [0.2, 0.25) is 0 Å². The van der Waals surface area contributed by atoms with Gasteiger partial charge in [0.1, 0.15) is 0 Å². The molecule has 1 unspecified atom stereocenters. The minimum absolute atomic E-state index is 0.129. The van der Waals surface area contributed by atoms with E-state index in [4.69, 9.17) is 9.84 Å². The molecule has 0 aromatic rings. The Morgan fingerprint density at radius 2 is 2.17 bits per heavy atom. The van der Waals surface area contributed by atoms with Gasteiger partial charge in [-0.3, -0.25) is 0 Å². The molecule has 0 heterocycles. The van der Waals surface area contributed by atoms with Crippen LogP contribution >= 0.6 is 0 Å². The lowest BCUT2D eigenvalue weighted by atomic mass is 10.1. The lowest BCUT2D eigenvalue weighted by Gasteiger charge is -2.11. The molecule has 0 spiro atoms. The van der Waals surface area contributed by atoms with E-state index in [1.807, 2.05) is 6.08 Å². The normalized spacial score (nSPS) is 13.9. The van der Waals surface area contributed by atoms with Gasteiger partial charge in [0.25, 0.3) is 0 Å². The summed E-state index contributed by atoms with van der Waals surface area (Å²) in [4.78, 5) is 0. The molecular weight excluding hydrogens is 152 g/mol. The second kappa shape index (κ2) is 8.75. The summed E-state index contributed by atoms with van der Waals surface area (Å²) >= 11 is 0. The van der Waals surface area contributed by atoms with E-state index in [0.717, 1.165) is 12.8 Å². The highest BCUT2D eigenvalue weighted by Gasteiger charge is 2.02. The molecule has 0 saturated carbocycles. The SMILES string of the molecule is CCCCC(CC=CCO)OC. The summed E-state index contributed by atoms with van der Waals surface area (Å²) in [5.74, 6) is 0. The van der Waals surface area contributed by atoms with E-state index in [2.05, 4.69) is 6.92 Å². The first-order valence-electron chi connectivity index (χ1n) is 4.63. The molecular formula is C10H20O2. The Hall–Kier alpha value is -0.340. The number of hydrogen-bond donors (Lipinski definition) is 1. The smallest absolute Gasteiger partial charge is 0.0612 e. The fourth-order valence-corrected chi connectivity index (χ4v) is 1.09. The van der Waals surface area contributed by atoms with E-state index >= 15 is 0 Å². The maximum absolute atomic E-state index is 8.50. The molecule has 2 nitrogen and oxygen atoms in total. The average Bonchev–Trinajstić information content (AvgIpc) is 2.11. The molecule has 12 heavy (non-hydrogen) atoms. The highest BCUT2D eigenvalue weighted by atomic mass is 16.5. The van der Waals surface area contributed by atoms with Gasteiger partial charge in [-0.15, -0.1) is 0 Å². The summed E-state index contributed by atoms with van der Waals surface area (Å²) in [7, 11) is 1.74. The molecule has 1 N–H and O–H groups in total. The predicted octanol–water partition coefficient (Wildman–Crippen LogP) is 2.13. The van der Waals surface area contributed by atoms with Crippen LogP contribution in [0.15, 0.2) is 12.2 Å². The Morgan fingerprint density at radius 1 is 1.42 bits per heavy atom. The molecule has 0 aromatic heterocycles. The van der Waals surface area contributed by atoms with E-state index in [-0.39, 0.29) is 6.61 Å². The largest absolute Gasteiger partial charge is 0.392 e. The van der Waals surface area contributed by atoms with E-state index in [1.54, 1.807) is 13.2 Å². The van der Waals surface area contributed by atoms with E-state index in [1.165, 1.54) is 12.8 Å². The fraction of sp³-hybridized carbons (Fsp3) is 0.800. The summed E-state index contributed by atoms with van der Waals surface area (Å²) in [5.41, 5.74) is 0. The van der Waals surface area contributed by atoms with Gasteiger partial charge in [-0.05, 0) is 12.8 Å². The third kappa shape index (κ3) is 6.38. The molecule has 72 valence electrons. The summed E-state index contributed by atoms with van der Waals surface area (Å²) < 4.78 is 5.27. The zero-order valence-electron chi connectivity index (χ0n) is 8.12. The van der Waals surface area contributed by atoms with Crippen LogP contribution < -0.4 is 0 Å². The van der Waals surface area contributed by atoms with Gasteiger partial charge in [0.15, 0.2) is 0 Å². The van der Waals surface area contributed by atoms with Crippen LogP contribution in [-0.2, 0) is 4.74 Å². The third-order valence-corrected chi connectivity index (χ3v) is 1.88. The van der Waals surface area contributed by atoms with Gasteiger partial charge in [0.2, 0.25) is 0 Å². The molecule has 0 aromatic carbocycles. The first-order chi connectivity index (χ1) is 5.85. The monoisotopic (exact) mass is 172 g/mol. The third-order valence-electron chi connectivity index (χ3n) is 1.88. The molecule has 0 amide bonds. The average molecular weight is 172 g/mol. The Balaban J connectivity index is 3.45. The number of aliphatic hydroxyl groups excluding tert-OH is 1. The molecule has 0 rings (SSSR count). The van der Waals surface area contributed by atoms with Crippen molar-refractivity contribution in [3.05, 3.63) is 12.2 Å². The van der Waals surface area contributed by atoms with Crippen LogP contribution in [0.1, 0.15) is 32.6 Å². The quantitative estimate of drug-likeness (QED) is 0.596. The molecule has 1 atom stereocenters. The summed E-state index contributed by atoms with van der Waals surface area (Å²) in [5, 5.41) is 8.50. The van der Waals surface area contributed by atoms with Crippen molar-refractivity contribution < 1.29 is 9.84 Å². The van der Waals surface area contributed by atoms with E-state index < -0.39 is 0 Å². The summed E-state index contributed by atoms with van der Waals surface area (Å²) in [6.45, 7) is 2.31. The minimum Gasteiger partial charge on any atom is -0.392 e. The van der Waals surface area contributed by atoms with Gasteiger partial charge in [-0.1, -0.05) is 31.9 Å². The number of aliphatic hydroxyl groups is 1. The second-order valence-electron chi connectivity index (χ2n) is 2.89. The van der Waals surface area contributed by atoms with Crippen molar-refractivity contribution >= 4 is 0 Å². The van der Waals surface area contributed by atoms with Crippen LogP contribution in [0.4, 0.5) is 0 Å². The topological polar surface area (TPSA) is 29.5 Å². The van der Waals surface area contributed by atoms with Gasteiger partial charge >= 0.3 is 0 Å². The highest BCUT2D eigenvalue weighted by Crippen LogP contribution is 2.08. The number of ether oxygens (including phenoxy) is 1. The standard InChI is InChI=1S/C10H20O2/c1-3-4-7-10(12-2)8-5-6-9-11/h5-6,10-11H,3-4,7-9H2,1-2H3. The highest BCUT2D eigenvalue weighted by molar-refractivity contribution is 4.83. The molecule has 2 heteroatoms. The summed E-state index contributed by atoms with van der Waals surface area (Å²) in [6.07, 6.45) is 8.52. The molecule has 0 radical (unpaired) electrons. The predicted molar refractivity (Wildman–Crippen MR) is 51.2 cm³/mol. The number of rotatable bonds is 7. The lowest BCUT2D eigenvalue weighted by Crippen LogP contribution is -2.08. The van der Waals surface area contributed by atoms with Gasteiger partial charge < -0.3 is 9.84 Å².